The topological polar surface area (TPSA) is 46.2 Å². The Morgan fingerprint density at radius 3 is 2.71 bits per heavy atom. The number of rotatable bonds is 3. The van der Waals surface area contributed by atoms with E-state index in [9.17, 15) is 5.11 Å². The Bertz CT molecular complexity index is 336. The first-order valence-electron chi connectivity index (χ1n) is 4.80. The van der Waals surface area contributed by atoms with Gasteiger partial charge in [-0.2, -0.15) is 0 Å². The van der Waals surface area contributed by atoms with Gasteiger partial charge in [0.1, 0.15) is 0 Å². The molecule has 1 saturated carbocycles. The summed E-state index contributed by atoms with van der Waals surface area (Å²) in [6.07, 6.45) is 2.08. The van der Waals surface area contributed by atoms with Crippen LogP contribution in [0.4, 0.5) is 0 Å². The maximum Gasteiger partial charge on any atom is 0.0505 e. The van der Waals surface area contributed by atoms with E-state index >= 15 is 0 Å². The van der Waals surface area contributed by atoms with Crippen molar-refractivity contribution in [2.24, 2.45) is 11.1 Å². The number of hydrogen-bond donors (Lipinski definition) is 2. The highest BCUT2D eigenvalue weighted by Gasteiger charge is 2.47. The lowest BCUT2D eigenvalue weighted by molar-refractivity contribution is 0.187. The smallest absolute Gasteiger partial charge is 0.0505 e. The molecule has 1 unspecified atom stereocenters. The second-order valence-electron chi connectivity index (χ2n) is 4.05. The molecule has 1 aliphatic rings. The molecular formula is C11H14BrNO. The minimum absolute atomic E-state index is 0.0370. The van der Waals surface area contributed by atoms with Gasteiger partial charge in [-0.3, -0.25) is 0 Å². The molecule has 14 heavy (non-hydrogen) atoms. The summed E-state index contributed by atoms with van der Waals surface area (Å²) in [6.45, 7) is 0.195. The molecule has 2 nitrogen and oxygen atoms in total. The van der Waals surface area contributed by atoms with E-state index < -0.39 is 0 Å². The molecule has 1 atom stereocenters. The first kappa shape index (κ1) is 10.1. The van der Waals surface area contributed by atoms with E-state index in [1.807, 2.05) is 24.3 Å². The van der Waals surface area contributed by atoms with Gasteiger partial charge < -0.3 is 10.8 Å². The van der Waals surface area contributed by atoms with Gasteiger partial charge in [0.05, 0.1) is 6.61 Å². The van der Waals surface area contributed by atoms with Gasteiger partial charge in [-0.05, 0) is 30.5 Å². The van der Waals surface area contributed by atoms with Crippen molar-refractivity contribution >= 4 is 15.9 Å². The maximum absolute atomic E-state index is 9.27. The van der Waals surface area contributed by atoms with Crippen molar-refractivity contribution in [2.45, 2.75) is 18.9 Å². The Labute approximate surface area is 92.3 Å². The summed E-state index contributed by atoms with van der Waals surface area (Å²) in [5.41, 5.74) is 7.20. The molecule has 1 aromatic carbocycles. The predicted molar refractivity (Wildman–Crippen MR) is 59.8 cm³/mol. The molecule has 0 bridgehead atoms. The van der Waals surface area contributed by atoms with Gasteiger partial charge >= 0.3 is 0 Å². The van der Waals surface area contributed by atoms with Crippen LogP contribution in [0.5, 0.6) is 0 Å². The van der Waals surface area contributed by atoms with Crippen LogP contribution in [0.25, 0.3) is 0 Å². The molecule has 76 valence electrons. The molecule has 0 saturated heterocycles. The average Bonchev–Trinajstić information content (AvgIpc) is 2.97. The molecule has 1 aromatic rings. The van der Waals surface area contributed by atoms with Gasteiger partial charge in [-0.15, -0.1) is 0 Å². The molecule has 0 aromatic heterocycles. The summed E-state index contributed by atoms with van der Waals surface area (Å²) < 4.78 is 1.04. The molecule has 2 rings (SSSR count). The Kier molecular flexibility index (Phi) is 2.64. The van der Waals surface area contributed by atoms with E-state index in [1.165, 1.54) is 0 Å². The minimum atomic E-state index is -0.0409. The first-order chi connectivity index (χ1) is 6.68. The highest BCUT2D eigenvalue weighted by atomic mass is 79.9. The number of nitrogens with two attached hydrogens (primary N) is 1. The third-order valence-electron chi connectivity index (χ3n) is 3.07. The van der Waals surface area contributed by atoms with E-state index in [-0.39, 0.29) is 18.1 Å². The van der Waals surface area contributed by atoms with Crippen LogP contribution in [0.3, 0.4) is 0 Å². The molecule has 0 heterocycles. The summed E-state index contributed by atoms with van der Waals surface area (Å²) in [4.78, 5) is 0. The fourth-order valence-electron chi connectivity index (χ4n) is 1.78. The molecule has 0 spiro atoms. The summed E-state index contributed by atoms with van der Waals surface area (Å²) in [5.74, 6) is 0. The largest absolute Gasteiger partial charge is 0.396 e. The number of aliphatic hydroxyl groups excluding tert-OH is 1. The van der Waals surface area contributed by atoms with Gasteiger partial charge in [-0.1, -0.05) is 28.1 Å². The van der Waals surface area contributed by atoms with Crippen LogP contribution >= 0.6 is 15.9 Å². The predicted octanol–water partition coefficient (Wildman–Crippen LogP) is 2.22. The van der Waals surface area contributed by atoms with E-state index in [2.05, 4.69) is 15.9 Å². The zero-order valence-electron chi connectivity index (χ0n) is 7.91. The monoisotopic (exact) mass is 255 g/mol. The second-order valence-corrected chi connectivity index (χ2v) is 4.97. The zero-order valence-corrected chi connectivity index (χ0v) is 9.50. The van der Waals surface area contributed by atoms with E-state index in [4.69, 9.17) is 5.73 Å². The molecule has 3 heteroatoms. The van der Waals surface area contributed by atoms with Crippen LogP contribution in [0, 0.1) is 5.41 Å². The van der Waals surface area contributed by atoms with E-state index in [1.54, 1.807) is 0 Å². The fraction of sp³-hybridized carbons (Fsp3) is 0.455. The zero-order chi connectivity index (χ0) is 10.2. The molecular weight excluding hydrogens is 242 g/mol. The average molecular weight is 256 g/mol. The highest BCUT2D eigenvalue weighted by molar-refractivity contribution is 9.10. The van der Waals surface area contributed by atoms with Crippen LogP contribution in [0.2, 0.25) is 0 Å². The third kappa shape index (κ3) is 1.72. The lowest BCUT2D eigenvalue weighted by Gasteiger charge is -2.21. The number of halogens is 1. The van der Waals surface area contributed by atoms with Crippen molar-refractivity contribution in [1.82, 2.24) is 0 Å². The van der Waals surface area contributed by atoms with Crippen molar-refractivity contribution in [3.63, 3.8) is 0 Å². The fourth-order valence-corrected chi connectivity index (χ4v) is 2.20. The summed E-state index contributed by atoms with van der Waals surface area (Å²) in [5, 5.41) is 9.27. The van der Waals surface area contributed by atoms with Gasteiger partial charge in [0.25, 0.3) is 0 Å². The van der Waals surface area contributed by atoms with E-state index in [0.29, 0.717) is 0 Å². The van der Waals surface area contributed by atoms with Crippen molar-refractivity contribution in [2.75, 3.05) is 6.61 Å². The van der Waals surface area contributed by atoms with E-state index in [0.717, 1.165) is 22.9 Å². The molecule has 0 aliphatic heterocycles. The van der Waals surface area contributed by atoms with Gasteiger partial charge in [0, 0.05) is 15.9 Å². The second kappa shape index (κ2) is 3.65. The minimum Gasteiger partial charge on any atom is -0.396 e. The normalized spacial score (nSPS) is 20.5. The van der Waals surface area contributed by atoms with Crippen LogP contribution in [0.1, 0.15) is 24.4 Å². The van der Waals surface area contributed by atoms with Crippen molar-refractivity contribution < 1.29 is 5.11 Å². The third-order valence-corrected chi connectivity index (χ3v) is 3.57. The van der Waals surface area contributed by atoms with Gasteiger partial charge in [0.15, 0.2) is 0 Å². The lowest BCUT2D eigenvalue weighted by Crippen LogP contribution is -2.25. The summed E-state index contributed by atoms with van der Waals surface area (Å²) >= 11 is 3.42. The summed E-state index contributed by atoms with van der Waals surface area (Å²) in [7, 11) is 0. The van der Waals surface area contributed by atoms with Crippen molar-refractivity contribution in [3.05, 3.63) is 34.3 Å². The number of aliphatic hydroxyl groups is 1. The van der Waals surface area contributed by atoms with Crippen LogP contribution in [-0.4, -0.2) is 11.7 Å². The lowest BCUT2D eigenvalue weighted by atomic mass is 9.92. The quantitative estimate of drug-likeness (QED) is 0.871. The van der Waals surface area contributed by atoms with Crippen LogP contribution in [-0.2, 0) is 0 Å². The summed E-state index contributed by atoms with van der Waals surface area (Å²) in [6, 6.07) is 7.97. The Morgan fingerprint density at radius 2 is 2.21 bits per heavy atom. The maximum atomic E-state index is 9.27. The Morgan fingerprint density at radius 1 is 1.50 bits per heavy atom. The SMILES string of the molecule is NC(c1cccc(Br)c1)C1(CO)CC1. The molecule has 3 N–H and O–H groups in total. The van der Waals surface area contributed by atoms with Gasteiger partial charge in [-0.25, -0.2) is 0 Å². The van der Waals surface area contributed by atoms with Gasteiger partial charge in [0.2, 0.25) is 0 Å². The van der Waals surface area contributed by atoms with Crippen LogP contribution < -0.4 is 5.73 Å². The standard InChI is InChI=1S/C11H14BrNO/c12-9-3-1-2-8(6-9)10(13)11(7-14)4-5-11/h1-3,6,10,14H,4-5,7,13H2. The Balaban J connectivity index is 2.23. The molecule has 0 amide bonds. The number of hydrogen-bond acceptors (Lipinski definition) is 2. The number of benzene rings is 1. The highest BCUT2D eigenvalue weighted by Crippen LogP contribution is 2.53. The van der Waals surface area contributed by atoms with Crippen LogP contribution in [0.15, 0.2) is 28.7 Å². The van der Waals surface area contributed by atoms with Crippen molar-refractivity contribution in [1.29, 1.82) is 0 Å². The molecule has 1 aliphatic carbocycles. The molecule has 1 fully saturated rings. The van der Waals surface area contributed by atoms with Crippen molar-refractivity contribution in [3.8, 4) is 0 Å². The Hall–Kier alpha value is -0.380. The molecule has 0 radical (unpaired) electrons. The first-order valence-corrected chi connectivity index (χ1v) is 5.59.